The second-order valence-corrected chi connectivity index (χ2v) is 3.42. The van der Waals surface area contributed by atoms with Crippen molar-refractivity contribution in [2.45, 2.75) is 40.2 Å². The van der Waals surface area contributed by atoms with Gasteiger partial charge in [-0.25, -0.2) is 0 Å². The zero-order valence-electron chi connectivity index (χ0n) is 9.20. The summed E-state index contributed by atoms with van der Waals surface area (Å²) in [5, 5.41) is 0. The first-order valence-electron chi connectivity index (χ1n) is 4.74. The summed E-state index contributed by atoms with van der Waals surface area (Å²) < 4.78 is 9.78. The molecule has 14 heavy (non-hydrogen) atoms. The molecule has 0 saturated carbocycles. The van der Waals surface area contributed by atoms with Gasteiger partial charge in [0.15, 0.2) is 0 Å². The Morgan fingerprint density at radius 2 is 1.71 bits per heavy atom. The van der Waals surface area contributed by atoms with E-state index in [9.17, 15) is 9.59 Å². The standard InChI is InChI=1S/C10H18O4/c1-7(5-6-13-9(3)11)8(2)14-10(4)12/h7-8H,5-6H2,1-4H3/t7-,8+/m1/s1. The van der Waals surface area contributed by atoms with Gasteiger partial charge in [0.1, 0.15) is 6.10 Å². The first-order chi connectivity index (χ1) is 6.43. The van der Waals surface area contributed by atoms with E-state index in [1.165, 1.54) is 13.8 Å². The molecular formula is C10H18O4. The third-order valence-corrected chi connectivity index (χ3v) is 2.03. The summed E-state index contributed by atoms with van der Waals surface area (Å²) in [5.41, 5.74) is 0. The van der Waals surface area contributed by atoms with E-state index in [-0.39, 0.29) is 24.0 Å². The number of hydrogen-bond acceptors (Lipinski definition) is 4. The monoisotopic (exact) mass is 202 g/mol. The predicted molar refractivity (Wildman–Crippen MR) is 51.6 cm³/mol. The highest BCUT2D eigenvalue weighted by atomic mass is 16.5. The molecule has 0 saturated heterocycles. The first-order valence-corrected chi connectivity index (χ1v) is 4.74. The van der Waals surface area contributed by atoms with Gasteiger partial charge in [-0.15, -0.1) is 0 Å². The minimum atomic E-state index is -0.281. The Labute approximate surface area is 84.6 Å². The SMILES string of the molecule is CC(=O)OCC[C@@H](C)[C@H](C)OC(C)=O. The van der Waals surface area contributed by atoms with E-state index in [1.54, 1.807) is 0 Å². The van der Waals surface area contributed by atoms with Crippen molar-refractivity contribution in [3.63, 3.8) is 0 Å². The largest absolute Gasteiger partial charge is 0.466 e. The molecule has 0 aromatic heterocycles. The van der Waals surface area contributed by atoms with Crippen LogP contribution in [0.3, 0.4) is 0 Å². The Morgan fingerprint density at radius 1 is 1.14 bits per heavy atom. The van der Waals surface area contributed by atoms with E-state index in [0.29, 0.717) is 13.0 Å². The van der Waals surface area contributed by atoms with E-state index in [4.69, 9.17) is 9.47 Å². The lowest BCUT2D eigenvalue weighted by Gasteiger charge is -2.19. The highest BCUT2D eigenvalue weighted by Gasteiger charge is 2.14. The second kappa shape index (κ2) is 6.40. The van der Waals surface area contributed by atoms with Crippen molar-refractivity contribution in [1.82, 2.24) is 0 Å². The Kier molecular flexibility index (Phi) is 5.92. The normalized spacial score (nSPS) is 14.3. The maximum Gasteiger partial charge on any atom is 0.302 e. The van der Waals surface area contributed by atoms with Gasteiger partial charge >= 0.3 is 11.9 Å². The number of carbonyl (C=O) groups excluding carboxylic acids is 2. The molecule has 4 heteroatoms. The lowest BCUT2D eigenvalue weighted by Crippen LogP contribution is -2.22. The summed E-state index contributed by atoms with van der Waals surface area (Å²) in [6.07, 6.45) is 0.566. The lowest BCUT2D eigenvalue weighted by atomic mass is 10.0. The van der Waals surface area contributed by atoms with Crippen molar-refractivity contribution in [2.75, 3.05) is 6.61 Å². The summed E-state index contributed by atoms with van der Waals surface area (Å²) >= 11 is 0. The van der Waals surface area contributed by atoms with Gasteiger partial charge in [0.2, 0.25) is 0 Å². The van der Waals surface area contributed by atoms with Crippen LogP contribution >= 0.6 is 0 Å². The van der Waals surface area contributed by atoms with E-state index in [0.717, 1.165) is 0 Å². The molecule has 4 nitrogen and oxygen atoms in total. The van der Waals surface area contributed by atoms with Crippen LogP contribution in [-0.2, 0) is 19.1 Å². The Hall–Kier alpha value is -1.06. The third-order valence-electron chi connectivity index (χ3n) is 2.03. The average Bonchev–Trinajstić information content (AvgIpc) is 2.01. The van der Waals surface area contributed by atoms with Gasteiger partial charge < -0.3 is 9.47 Å². The van der Waals surface area contributed by atoms with Crippen LogP contribution in [0.5, 0.6) is 0 Å². The maximum absolute atomic E-state index is 10.6. The van der Waals surface area contributed by atoms with Crippen LogP contribution in [0.1, 0.15) is 34.1 Å². The molecule has 0 rings (SSSR count). The number of hydrogen-bond donors (Lipinski definition) is 0. The van der Waals surface area contributed by atoms with Crippen LogP contribution in [0.15, 0.2) is 0 Å². The molecular weight excluding hydrogens is 184 g/mol. The van der Waals surface area contributed by atoms with Gasteiger partial charge in [-0.2, -0.15) is 0 Å². The van der Waals surface area contributed by atoms with Gasteiger partial charge in [0, 0.05) is 13.8 Å². The van der Waals surface area contributed by atoms with Crippen molar-refractivity contribution in [3.05, 3.63) is 0 Å². The van der Waals surface area contributed by atoms with E-state index in [2.05, 4.69) is 0 Å². The number of esters is 2. The Balaban J connectivity index is 3.66. The third kappa shape index (κ3) is 6.46. The number of ether oxygens (including phenoxy) is 2. The Morgan fingerprint density at radius 3 is 2.14 bits per heavy atom. The number of rotatable bonds is 5. The van der Waals surface area contributed by atoms with Crippen LogP contribution in [0.25, 0.3) is 0 Å². The second-order valence-electron chi connectivity index (χ2n) is 3.42. The van der Waals surface area contributed by atoms with Crippen LogP contribution in [0.4, 0.5) is 0 Å². The molecule has 0 unspecified atom stereocenters. The fourth-order valence-electron chi connectivity index (χ4n) is 1.00. The van der Waals surface area contributed by atoms with Crippen LogP contribution in [-0.4, -0.2) is 24.6 Å². The summed E-state index contributed by atoms with van der Waals surface area (Å²) in [6, 6.07) is 0. The molecule has 2 atom stereocenters. The van der Waals surface area contributed by atoms with Crippen molar-refractivity contribution in [2.24, 2.45) is 5.92 Å². The molecule has 0 amide bonds. The van der Waals surface area contributed by atoms with Crippen molar-refractivity contribution in [3.8, 4) is 0 Å². The van der Waals surface area contributed by atoms with E-state index in [1.807, 2.05) is 13.8 Å². The highest BCUT2D eigenvalue weighted by Crippen LogP contribution is 2.11. The van der Waals surface area contributed by atoms with Gasteiger partial charge in [-0.1, -0.05) is 6.92 Å². The maximum atomic E-state index is 10.6. The molecule has 0 heterocycles. The molecule has 0 aliphatic heterocycles. The summed E-state index contributed by atoms with van der Waals surface area (Å²) in [4.78, 5) is 21.1. The van der Waals surface area contributed by atoms with Crippen LogP contribution in [0.2, 0.25) is 0 Å². The molecule has 0 radical (unpaired) electrons. The fourth-order valence-corrected chi connectivity index (χ4v) is 1.00. The molecule has 0 bridgehead atoms. The predicted octanol–water partition coefficient (Wildman–Crippen LogP) is 1.53. The van der Waals surface area contributed by atoms with Gasteiger partial charge in [-0.3, -0.25) is 9.59 Å². The molecule has 82 valence electrons. The van der Waals surface area contributed by atoms with Crippen molar-refractivity contribution < 1.29 is 19.1 Å². The van der Waals surface area contributed by atoms with Crippen LogP contribution in [0, 0.1) is 5.92 Å². The molecule has 0 aliphatic rings. The van der Waals surface area contributed by atoms with Crippen LogP contribution < -0.4 is 0 Å². The average molecular weight is 202 g/mol. The molecule has 0 aromatic carbocycles. The summed E-state index contributed by atoms with van der Waals surface area (Å²) in [6.45, 7) is 6.93. The molecule has 0 aromatic rings. The van der Waals surface area contributed by atoms with Crippen molar-refractivity contribution >= 4 is 11.9 Å². The first kappa shape index (κ1) is 12.9. The highest BCUT2D eigenvalue weighted by molar-refractivity contribution is 5.66. The Bertz CT molecular complexity index is 200. The summed E-state index contributed by atoms with van der Waals surface area (Å²) in [5.74, 6) is -0.368. The molecule has 0 fully saturated rings. The van der Waals surface area contributed by atoms with E-state index < -0.39 is 0 Å². The minimum absolute atomic E-state index is 0.136. The van der Waals surface area contributed by atoms with Crippen molar-refractivity contribution in [1.29, 1.82) is 0 Å². The minimum Gasteiger partial charge on any atom is -0.466 e. The van der Waals surface area contributed by atoms with Gasteiger partial charge in [0.05, 0.1) is 6.61 Å². The number of carbonyl (C=O) groups is 2. The smallest absolute Gasteiger partial charge is 0.302 e. The molecule has 0 aliphatic carbocycles. The zero-order valence-corrected chi connectivity index (χ0v) is 9.20. The topological polar surface area (TPSA) is 52.6 Å². The van der Waals surface area contributed by atoms with Gasteiger partial charge in [0.25, 0.3) is 0 Å². The van der Waals surface area contributed by atoms with Gasteiger partial charge in [-0.05, 0) is 19.3 Å². The summed E-state index contributed by atoms with van der Waals surface area (Å²) in [7, 11) is 0. The molecule has 0 spiro atoms. The fraction of sp³-hybridized carbons (Fsp3) is 0.800. The quantitative estimate of drug-likeness (QED) is 0.634. The zero-order chi connectivity index (χ0) is 11.1. The molecule has 0 N–H and O–H groups in total. The van der Waals surface area contributed by atoms with E-state index >= 15 is 0 Å². The lowest BCUT2D eigenvalue weighted by molar-refractivity contribution is -0.149.